The predicted octanol–water partition coefficient (Wildman–Crippen LogP) is 0.502. The van der Waals surface area contributed by atoms with Crippen molar-refractivity contribution in [1.82, 2.24) is 10.2 Å². The largest absolute Gasteiger partial charge is 0.396 e. The average molecular weight is 226 g/mol. The van der Waals surface area contributed by atoms with Gasteiger partial charge in [0.05, 0.1) is 6.04 Å². The van der Waals surface area contributed by atoms with Gasteiger partial charge in [-0.3, -0.25) is 9.69 Å². The molecule has 2 aliphatic rings. The first-order chi connectivity index (χ1) is 7.83. The zero-order valence-electron chi connectivity index (χ0n) is 9.82. The van der Waals surface area contributed by atoms with Gasteiger partial charge in [0.25, 0.3) is 0 Å². The quantitative estimate of drug-likeness (QED) is 0.737. The van der Waals surface area contributed by atoms with Crippen molar-refractivity contribution in [2.24, 2.45) is 0 Å². The van der Waals surface area contributed by atoms with Gasteiger partial charge in [0.2, 0.25) is 5.91 Å². The maximum Gasteiger partial charge on any atom is 0.237 e. The lowest BCUT2D eigenvalue weighted by molar-refractivity contribution is -0.131. The standard InChI is InChI=1S/C12H22N2O2/c15-9-6-11-12(16)13-7-8-14(11)10-4-2-1-3-5-10/h10-11,15H,1-9H2,(H,13,16). The van der Waals surface area contributed by atoms with Crippen LogP contribution in [0.3, 0.4) is 0 Å². The summed E-state index contributed by atoms with van der Waals surface area (Å²) >= 11 is 0. The van der Waals surface area contributed by atoms with Crippen LogP contribution in [0.15, 0.2) is 0 Å². The van der Waals surface area contributed by atoms with E-state index in [4.69, 9.17) is 5.11 Å². The number of carbonyl (C=O) groups is 1. The third-order valence-corrected chi connectivity index (χ3v) is 3.82. The summed E-state index contributed by atoms with van der Waals surface area (Å²) in [7, 11) is 0. The number of amides is 1. The minimum Gasteiger partial charge on any atom is -0.396 e. The summed E-state index contributed by atoms with van der Waals surface area (Å²) in [6.07, 6.45) is 6.91. The number of carbonyl (C=O) groups excluding carboxylic acids is 1. The Morgan fingerprint density at radius 1 is 1.31 bits per heavy atom. The second-order valence-corrected chi connectivity index (χ2v) is 4.85. The number of aliphatic hydroxyl groups is 1. The van der Waals surface area contributed by atoms with E-state index in [-0.39, 0.29) is 18.6 Å². The first-order valence-corrected chi connectivity index (χ1v) is 6.47. The van der Waals surface area contributed by atoms with Crippen LogP contribution in [0, 0.1) is 0 Å². The topological polar surface area (TPSA) is 52.6 Å². The Morgan fingerprint density at radius 3 is 2.75 bits per heavy atom. The lowest BCUT2D eigenvalue weighted by atomic mass is 9.92. The molecule has 4 heteroatoms. The molecule has 0 spiro atoms. The van der Waals surface area contributed by atoms with Crippen molar-refractivity contribution in [1.29, 1.82) is 0 Å². The Bertz CT molecular complexity index is 239. The zero-order chi connectivity index (χ0) is 11.4. The van der Waals surface area contributed by atoms with E-state index in [1.165, 1.54) is 32.1 Å². The van der Waals surface area contributed by atoms with E-state index < -0.39 is 0 Å². The molecule has 0 radical (unpaired) electrons. The monoisotopic (exact) mass is 226 g/mol. The molecule has 1 aliphatic carbocycles. The maximum absolute atomic E-state index is 11.8. The number of nitrogens with zero attached hydrogens (tertiary/aromatic N) is 1. The van der Waals surface area contributed by atoms with Crippen molar-refractivity contribution >= 4 is 5.91 Å². The van der Waals surface area contributed by atoms with Crippen LogP contribution < -0.4 is 5.32 Å². The smallest absolute Gasteiger partial charge is 0.237 e. The van der Waals surface area contributed by atoms with Crippen LogP contribution in [-0.4, -0.2) is 47.7 Å². The Balaban J connectivity index is 2.00. The van der Waals surface area contributed by atoms with E-state index >= 15 is 0 Å². The van der Waals surface area contributed by atoms with Crippen molar-refractivity contribution in [2.75, 3.05) is 19.7 Å². The number of piperazine rings is 1. The van der Waals surface area contributed by atoms with E-state index in [0.717, 1.165) is 13.1 Å². The van der Waals surface area contributed by atoms with Crippen LogP contribution in [0.25, 0.3) is 0 Å². The van der Waals surface area contributed by atoms with Crippen molar-refractivity contribution in [2.45, 2.75) is 50.6 Å². The summed E-state index contributed by atoms with van der Waals surface area (Å²) in [5, 5.41) is 11.9. The Labute approximate surface area is 97.0 Å². The molecule has 1 aliphatic heterocycles. The summed E-state index contributed by atoms with van der Waals surface area (Å²) in [5.74, 6) is 0.103. The molecule has 2 fully saturated rings. The molecule has 1 saturated heterocycles. The van der Waals surface area contributed by atoms with E-state index in [1.54, 1.807) is 0 Å². The van der Waals surface area contributed by atoms with Crippen molar-refractivity contribution in [3.05, 3.63) is 0 Å². The molecule has 0 aromatic rings. The van der Waals surface area contributed by atoms with Gasteiger partial charge in [-0.1, -0.05) is 19.3 Å². The van der Waals surface area contributed by atoms with Crippen LogP contribution in [-0.2, 0) is 4.79 Å². The lowest BCUT2D eigenvalue weighted by Crippen LogP contribution is -2.59. The van der Waals surface area contributed by atoms with E-state index in [2.05, 4.69) is 10.2 Å². The van der Waals surface area contributed by atoms with Gasteiger partial charge in [-0.05, 0) is 19.3 Å². The van der Waals surface area contributed by atoms with Gasteiger partial charge in [0.1, 0.15) is 0 Å². The second kappa shape index (κ2) is 5.64. The van der Waals surface area contributed by atoms with Crippen LogP contribution in [0.5, 0.6) is 0 Å². The molecule has 1 heterocycles. The Hall–Kier alpha value is -0.610. The molecule has 92 valence electrons. The van der Waals surface area contributed by atoms with Gasteiger partial charge in [-0.2, -0.15) is 0 Å². The summed E-state index contributed by atoms with van der Waals surface area (Å²) in [6.45, 7) is 1.81. The molecule has 2 N–H and O–H groups in total. The van der Waals surface area contributed by atoms with Crippen molar-refractivity contribution in [3.63, 3.8) is 0 Å². The van der Waals surface area contributed by atoms with E-state index in [1.807, 2.05) is 0 Å². The van der Waals surface area contributed by atoms with Gasteiger partial charge < -0.3 is 10.4 Å². The maximum atomic E-state index is 11.8. The fourth-order valence-corrected chi connectivity index (χ4v) is 3.00. The van der Waals surface area contributed by atoms with Gasteiger partial charge in [-0.25, -0.2) is 0 Å². The van der Waals surface area contributed by atoms with Crippen molar-refractivity contribution < 1.29 is 9.90 Å². The molecule has 0 bridgehead atoms. The first-order valence-electron chi connectivity index (χ1n) is 6.47. The minimum atomic E-state index is -0.0955. The van der Waals surface area contributed by atoms with Crippen LogP contribution >= 0.6 is 0 Å². The molecule has 1 unspecified atom stereocenters. The highest BCUT2D eigenvalue weighted by Crippen LogP contribution is 2.25. The third-order valence-electron chi connectivity index (χ3n) is 3.82. The highest BCUT2D eigenvalue weighted by molar-refractivity contribution is 5.82. The van der Waals surface area contributed by atoms with Gasteiger partial charge in [-0.15, -0.1) is 0 Å². The zero-order valence-corrected chi connectivity index (χ0v) is 9.82. The Morgan fingerprint density at radius 2 is 2.06 bits per heavy atom. The van der Waals surface area contributed by atoms with E-state index in [9.17, 15) is 4.79 Å². The number of hydrogen-bond acceptors (Lipinski definition) is 3. The average Bonchev–Trinajstić information content (AvgIpc) is 2.33. The fraction of sp³-hybridized carbons (Fsp3) is 0.917. The molecule has 4 nitrogen and oxygen atoms in total. The summed E-state index contributed by atoms with van der Waals surface area (Å²) in [4.78, 5) is 14.1. The van der Waals surface area contributed by atoms with Crippen molar-refractivity contribution in [3.8, 4) is 0 Å². The molecule has 1 saturated carbocycles. The summed E-state index contributed by atoms with van der Waals surface area (Å²) in [5.41, 5.74) is 0. The van der Waals surface area contributed by atoms with E-state index in [0.29, 0.717) is 12.5 Å². The molecule has 0 aromatic heterocycles. The molecule has 1 atom stereocenters. The lowest BCUT2D eigenvalue weighted by Gasteiger charge is -2.41. The normalized spacial score (nSPS) is 29.1. The minimum absolute atomic E-state index is 0.0955. The second-order valence-electron chi connectivity index (χ2n) is 4.85. The number of rotatable bonds is 3. The number of nitrogens with one attached hydrogen (secondary N) is 1. The van der Waals surface area contributed by atoms with Crippen LogP contribution in [0.2, 0.25) is 0 Å². The Kier molecular flexibility index (Phi) is 4.18. The number of hydrogen-bond donors (Lipinski definition) is 2. The molecule has 0 aromatic carbocycles. The molecular formula is C12H22N2O2. The highest BCUT2D eigenvalue weighted by Gasteiger charge is 2.34. The summed E-state index contributed by atoms with van der Waals surface area (Å²) < 4.78 is 0. The highest BCUT2D eigenvalue weighted by atomic mass is 16.3. The van der Waals surface area contributed by atoms with Crippen LogP contribution in [0.4, 0.5) is 0 Å². The predicted molar refractivity (Wildman–Crippen MR) is 62.1 cm³/mol. The van der Waals surface area contributed by atoms with Crippen LogP contribution in [0.1, 0.15) is 38.5 Å². The number of aliphatic hydroxyl groups excluding tert-OH is 1. The summed E-state index contributed by atoms with van der Waals surface area (Å²) in [6, 6.07) is 0.471. The molecular weight excluding hydrogens is 204 g/mol. The van der Waals surface area contributed by atoms with Gasteiger partial charge >= 0.3 is 0 Å². The third kappa shape index (κ3) is 2.55. The fourth-order valence-electron chi connectivity index (χ4n) is 3.00. The van der Waals surface area contributed by atoms with Gasteiger partial charge in [0.15, 0.2) is 0 Å². The SMILES string of the molecule is O=C1NCCN(C2CCCCC2)C1CCO. The first kappa shape index (κ1) is 11.9. The molecule has 1 amide bonds. The molecule has 2 rings (SSSR count). The molecule has 16 heavy (non-hydrogen) atoms. The van der Waals surface area contributed by atoms with Gasteiger partial charge in [0, 0.05) is 25.7 Å².